The zero-order valence-corrected chi connectivity index (χ0v) is 14.7. The number of rotatable bonds is 4. The van der Waals surface area contributed by atoms with E-state index in [9.17, 15) is 9.59 Å². The molecule has 3 rings (SSSR count). The van der Waals surface area contributed by atoms with Crippen molar-refractivity contribution in [2.24, 2.45) is 11.7 Å². The maximum atomic E-state index is 12.8. The first-order chi connectivity index (χ1) is 12.0. The first kappa shape index (κ1) is 17.5. The summed E-state index contributed by atoms with van der Waals surface area (Å²) >= 11 is 0. The summed E-state index contributed by atoms with van der Waals surface area (Å²) in [6, 6.07) is 5.34. The minimum Gasteiger partial charge on any atom is -0.497 e. The normalized spacial score (nSPS) is 23.7. The molecule has 2 saturated heterocycles. The van der Waals surface area contributed by atoms with Gasteiger partial charge in [0.25, 0.3) is 0 Å². The molecule has 2 atom stereocenters. The molecule has 136 valence electrons. The lowest BCUT2D eigenvalue weighted by Gasteiger charge is -2.32. The smallest absolute Gasteiger partial charge is 0.228 e. The Morgan fingerprint density at radius 2 is 2.04 bits per heavy atom. The third-order valence-electron chi connectivity index (χ3n) is 4.92. The van der Waals surface area contributed by atoms with Crippen LogP contribution in [0.5, 0.6) is 11.5 Å². The van der Waals surface area contributed by atoms with Crippen molar-refractivity contribution in [1.29, 1.82) is 0 Å². The molecule has 0 spiro atoms. The summed E-state index contributed by atoms with van der Waals surface area (Å²) in [4.78, 5) is 28.7. The van der Waals surface area contributed by atoms with Crippen LogP contribution in [0.1, 0.15) is 19.3 Å². The molecule has 2 amide bonds. The second-order valence-electron chi connectivity index (χ2n) is 6.63. The fourth-order valence-electron chi connectivity index (χ4n) is 3.58. The van der Waals surface area contributed by atoms with E-state index in [0.717, 1.165) is 19.4 Å². The summed E-state index contributed by atoms with van der Waals surface area (Å²) in [5.74, 6) is 0.842. The molecule has 25 heavy (non-hydrogen) atoms. The van der Waals surface area contributed by atoms with E-state index >= 15 is 0 Å². The van der Waals surface area contributed by atoms with E-state index in [1.165, 1.54) is 0 Å². The molecule has 0 aliphatic carbocycles. The first-order valence-electron chi connectivity index (χ1n) is 8.60. The van der Waals surface area contributed by atoms with Gasteiger partial charge >= 0.3 is 0 Å². The van der Waals surface area contributed by atoms with Crippen molar-refractivity contribution in [2.75, 3.05) is 38.8 Å². The van der Waals surface area contributed by atoms with Crippen molar-refractivity contribution in [3.05, 3.63) is 18.2 Å². The Hall–Kier alpha value is -2.28. The molecule has 0 radical (unpaired) electrons. The zero-order chi connectivity index (χ0) is 18.0. The van der Waals surface area contributed by atoms with Gasteiger partial charge in [0.1, 0.15) is 11.5 Å². The Labute approximate surface area is 147 Å². The van der Waals surface area contributed by atoms with Crippen LogP contribution in [0.4, 0.5) is 5.69 Å². The fourth-order valence-corrected chi connectivity index (χ4v) is 3.58. The van der Waals surface area contributed by atoms with Gasteiger partial charge in [0, 0.05) is 38.2 Å². The number of methoxy groups -OCH3 is 2. The fraction of sp³-hybridized carbons (Fsp3) is 0.556. The third-order valence-corrected chi connectivity index (χ3v) is 4.92. The van der Waals surface area contributed by atoms with Crippen LogP contribution >= 0.6 is 0 Å². The number of anilines is 1. The molecule has 0 bridgehead atoms. The number of hydrogen-bond donors (Lipinski definition) is 1. The molecule has 2 fully saturated rings. The Bertz CT molecular complexity index is 664. The number of hydrogen-bond acceptors (Lipinski definition) is 5. The third kappa shape index (κ3) is 3.56. The van der Waals surface area contributed by atoms with Crippen molar-refractivity contribution in [1.82, 2.24) is 4.90 Å². The lowest BCUT2D eigenvalue weighted by molar-refractivity contribution is -0.136. The molecule has 2 heterocycles. The lowest BCUT2D eigenvalue weighted by atomic mass is 10.0. The number of nitrogens with zero attached hydrogens (tertiary/aromatic N) is 2. The number of ether oxygens (including phenoxy) is 2. The van der Waals surface area contributed by atoms with Gasteiger partial charge in [0.15, 0.2) is 0 Å². The van der Waals surface area contributed by atoms with E-state index in [-0.39, 0.29) is 30.2 Å². The van der Waals surface area contributed by atoms with Gasteiger partial charge in [-0.25, -0.2) is 0 Å². The van der Waals surface area contributed by atoms with Gasteiger partial charge in [0.05, 0.1) is 25.8 Å². The molecule has 7 heteroatoms. The standard InChI is InChI=1S/C18H25N3O4/c1-24-14-5-6-15(16(9-14)25-2)21-10-12(8-17(21)22)18(23)20-7-3-4-13(19)11-20/h5-6,9,12-13H,3-4,7-8,10-11,19H2,1-2H3. The molecule has 1 aromatic carbocycles. The number of benzene rings is 1. The minimum absolute atomic E-state index is 0.0264. The Balaban J connectivity index is 1.75. The minimum atomic E-state index is -0.329. The summed E-state index contributed by atoms with van der Waals surface area (Å²) in [6.45, 7) is 1.67. The van der Waals surface area contributed by atoms with Crippen LogP contribution in [0.2, 0.25) is 0 Å². The number of piperidine rings is 1. The van der Waals surface area contributed by atoms with Crippen LogP contribution in [-0.4, -0.2) is 56.6 Å². The van der Waals surface area contributed by atoms with E-state index in [1.54, 1.807) is 42.2 Å². The monoisotopic (exact) mass is 347 g/mol. The van der Waals surface area contributed by atoms with Crippen LogP contribution in [0.3, 0.4) is 0 Å². The van der Waals surface area contributed by atoms with Crippen LogP contribution in [0.25, 0.3) is 0 Å². The highest BCUT2D eigenvalue weighted by atomic mass is 16.5. The largest absolute Gasteiger partial charge is 0.497 e. The number of carbonyl (C=O) groups excluding carboxylic acids is 2. The Kier molecular flexibility index (Phi) is 5.13. The molecule has 2 N–H and O–H groups in total. The number of likely N-dealkylation sites (tertiary alicyclic amines) is 1. The van der Waals surface area contributed by atoms with Crippen LogP contribution in [-0.2, 0) is 9.59 Å². The van der Waals surface area contributed by atoms with Crippen LogP contribution < -0.4 is 20.1 Å². The van der Waals surface area contributed by atoms with E-state index < -0.39 is 0 Å². The number of carbonyl (C=O) groups is 2. The Morgan fingerprint density at radius 1 is 1.24 bits per heavy atom. The molecular formula is C18H25N3O4. The van der Waals surface area contributed by atoms with E-state index in [1.807, 2.05) is 0 Å². The molecule has 1 aromatic rings. The van der Waals surface area contributed by atoms with Gasteiger partial charge in [0.2, 0.25) is 11.8 Å². The number of nitrogens with two attached hydrogens (primary N) is 1. The van der Waals surface area contributed by atoms with Gasteiger partial charge in [-0.3, -0.25) is 9.59 Å². The highest BCUT2D eigenvalue weighted by molar-refractivity contribution is 6.01. The van der Waals surface area contributed by atoms with Gasteiger partial charge in [-0.1, -0.05) is 0 Å². The van der Waals surface area contributed by atoms with Crippen molar-refractivity contribution in [3.63, 3.8) is 0 Å². The molecule has 2 unspecified atom stereocenters. The van der Waals surface area contributed by atoms with Crippen molar-refractivity contribution in [2.45, 2.75) is 25.3 Å². The topological polar surface area (TPSA) is 85.1 Å². The van der Waals surface area contributed by atoms with E-state index in [0.29, 0.717) is 30.3 Å². The maximum absolute atomic E-state index is 12.8. The SMILES string of the molecule is COc1ccc(N2CC(C(=O)N3CCCC(N)C3)CC2=O)c(OC)c1. The molecule has 0 aromatic heterocycles. The predicted octanol–water partition coefficient (Wildman–Crippen LogP) is 1.01. The summed E-state index contributed by atoms with van der Waals surface area (Å²) in [5.41, 5.74) is 6.64. The zero-order valence-electron chi connectivity index (χ0n) is 14.7. The van der Waals surface area contributed by atoms with Crippen molar-refractivity contribution in [3.8, 4) is 11.5 Å². The maximum Gasteiger partial charge on any atom is 0.228 e. The number of amides is 2. The van der Waals surface area contributed by atoms with Crippen LogP contribution in [0, 0.1) is 5.92 Å². The lowest BCUT2D eigenvalue weighted by Crippen LogP contribution is -2.48. The van der Waals surface area contributed by atoms with Crippen molar-refractivity contribution < 1.29 is 19.1 Å². The second-order valence-corrected chi connectivity index (χ2v) is 6.63. The highest BCUT2D eigenvalue weighted by Gasteiger charge is 2.38. The predicted molar refractivity (Wildman–Crippen MR) is 93.8 cm³/mol. The molecular weight excluding hydrogens is 322 g/mol. The molecule has 0 saturated carbocycles. The molecule has 2 aliphatic rings. The van der Waals surface area contributed by atoms with Gasteiger partial charge in [-0.05, 0) is 25.0 Å². The summed E-state index contributed by atoms with van der Waals surface area (Å²) in [7, 11) is 3.13. The highest BCUT2D eigenvalue weighted by Crippen LogP contribution is 2.36. The summed E-state index contributed by atoms with van der Waals surface area (Å²) in [6.07, 6.45) is 2.09. The molecule has 2 aliphatic heterocycles. The van der Waals surface area contributed by atoms with Crippen LogP contribution in [0.15, 0.2) is 18.2 Å². The second kappa shape index (κ2) is 7.31. The van der Waals surface area contributed by atoms with Gasteiger partial charge in [-0.2, -0.15) is 0 Å². The summed E-state index contributed by atoms with van der Waals surface area (Å²) in [5, 5.41) is 0. The van der Waals surface area contributed by atoms with Gasteiger partial charge < -0.3 is 25.0 Å². The van der Waals surface area contributed by atoms with E-state index in [4.69, 9.17) is 15.2 Å². The first-order valence-corrected chi connectivity index (χ1v) is 8.60. The Morgan fingerprint density at radius 3 is 2.72 bits per heavy atom. The molecule has 7 nitrogen and oxygen atoms in total. The van der Waals surface area contributed by atoms with E-state index in [2.05, 4.69) is 0 Å². The summed E-state index contributed by atoms with van der Waals surface area (Å²) < 4.78 is 10.6. The van der Waals surface area contributed by atoms with Gasteiger partial charge in [-0.15, -0.1) is 0 Å². The quantitative estimate of drug-likeness (QED) is 0.878. The average Bonchev–Trinajstić information content (AvgIpc) is 3.02. The van der Waals surface area contributed by atoms with Crippen molar-refractivity contribution >= 4 is 17.5 Å². The average molecular weight is 347 g/mol.